The van der Waals surface area contributed by atoms with Gasteiger partial charge in [-0.25, -0.2) is 18.4 Å². The van der Waals surface area contributed by atoms with E-state index in [2.05, 4.69) is 9.97 Å². The lowest BCUT2D eigenvalue weighted by Crippen LogP contribution is -1.95. The van der Waals surface area contributed by atoms with E-state index in [1.807, 2.05) is 0 Å². The molecule has 4 nitrogen and oxygen atoms in total. The van der Waals surface area contributed by atoms with Crippen LogP contribution in [0.4, 0.5) is 0 Å². The van der Waals surface area contributed by atoms with Crippen molar-refractivity contribution in [2.75, 3.05) is 0 Å². The Morgan fingerprint density at radius 1 is 1.27 bits per heavy atom. The van der Waals surface area contributed by atoms with E-state index in [4.69, 9.17) is 22.3 Å². The second-order valence-electron chi connectivity index (χ2n) is 1.62. The van der Waals surface area contributed by atoms with Crippen molar-refractivity contribution in [3.63, 3.8) is 0 Å². The normalized spacial score (nSPS) is 11.5. The summed E-state index contributed by atoms with van der Waals surface area (Å²) in [5.41, 5.74) is 0. The van der Waals surface area contributed by atoms with Gasteiger partial charge in [0.05, 0.1) is 12.4 Å². The molecule has 60 valence electrons. The Morgan fingerprint density at radius 2 is 1.91 bits per heavy atom. The van der Waals surface area contributed by atoms with Crippen LogP contribution in [0, 0.1) is 0 Å². The summed E-state index contributed by atoms with van der Waals surface area (Å²) in [7, 11) is 1.16. The summed E-state index contributed by atoms with van der Waals surface area (Å²) >= 11 is 5.35. The van der Waals surface area contributed by atoms with Crippen molar-refractivity contribution < 1.29 is 8.42 Å². The van der Waals surface area contributed by atoms with E-state index >= 15 is 0 Å². The summed E-state index contributed by atoms with van der Waals surface area (Å²) in [5, 5.41) is -0.183. The third-order valence-electron chi connectivity index (χ3n) is 0.846. The molecule has 0 aromatic carbocycles. The topological polar surface area (TPSA) is 59.9 Å². The maximum Gasteiger partial charge on any atom is 0.280 e. The lowest BCUT2D eigenvalue weighted by Gasteiger charge is -1.91. The maximum absolute atomic E-state index is 10.6. The zero-order valence-electron chi connectivity index (χ0n) is 5.03. The van der Waals surface area contributed by atoms with E-state index in [1.165, 1.54) is 0 Å². The average Bonchev–Trinajstić information content (AvgIpc) is 1.86. The molecule has 1 aromatic rings. The minimum absolute atomic E-state index is 0.120. The standard InChI is InChI=1S/C4H2Cl2N2O2S/c5-3-1-8-4(2-7-3)11(6,9)10/h1-2H. The summed E-state index contributed by atoms with van der Waals surface area (Å²) in [6, 6.07) is 0. The summed E-state index contributed by atoms with van der Waals surface area (Å²) in [4.78, 5) is 6.92. The van der Waals surface area contributed by atoms with E-state index in [0.717, 1.165) is 12.4 Å². The van der Waals surface area contributed by atoms with Gasteiger partial charge in [0.15, 0.2) is 5.03 Å². The predicted octanol–water partition coefficient (Wildman–Crippen LogP) is 1.06. The smallest absolute Gasteiger partial charge is 0.240 e. The minimum Gasteiger partial charge on any atom is -0.240 e. The number of hydrogen-bond donors (Lipinski definition) is 0. The molecule has 0 unspecified atom stereocenters. The van der Waals surface area contributed by atoms with Gasteiger partial charge in [0.25, 0.3) is 9.05 Å². The SMILES string of the molecule is O=S(=O)(Cl)c1cnc(Cl)cn1. The van der Waals surface area contributed by atoms with Crippen LogP contribution in [0.3, 0.4) is 0 Å². The van der Waals surface area contributed by atoms with Gasteiger partial charge in [-0.15, -0.1) is 0 Å². The van der Waals surface area contributed by atoms with Crippen molar-refractivity contribution >= 4 is 31.3 Å². The highest BCUT2D eigenvalue weighted by Crippen LogP contribution is 2.11. The van der Waals surface area contributed by atoms with Crippen LogP contribution in [0.25, 0.3) is 0 Å². The lowest BCUT2D eigenvalue weighted by molar-refractivity contribution is 0.605. The highest BCUT2D eigenvalue weighted by molar-refractivity contribution is 8.13. The van der Waals surface area contributed by atoms with E-state index < -0.39 is 9.05 Å². The van der Waals surface area contributed by atoms with Crippen molar-refractivity contribution in [2.24, 2.45) is 0 Å². The fourth-order valence-corrected chi connectivity index (χ4v) is 1.12. The van der Waals surface area contributed by atoms with Gasteiger partial charge in [0.1, 0.15) is 5.15 Å². The van der Waals surface area contributed by atoms with Crippen molar-refractivity contribution in [3.05, 3.63) is 17.5 Å². The highest BCUT2D eigenvalue weighted by Gasteiger charge is 2.10. The van der Waals surface area contributed by atoms with Crippen LogP contribution in [-0.2, 0) is 9.05 Å². The van der Waals surface area contributed by atoms with Gasteiger partial charge >= 0.3 is 0 Å². The Kier molecular flexibility index (Phi) is 2.31. The molecule has 0 saturated heterocycles. The fraction of sp³-hybridized carbons (Fsp3) is 0. The highest BCUT2D eigenvalue weighted by atomic mass is 35.7. The molecule has 0 radical (unpaired) electrons. The molecule has 0 fully saturated rings. The van der Waals surface area contributed by atoms with E-state index in [-0.39, 0.29) is 10.2 Å². The Hall–Kier alpha value is -0.390. The minimum atomic E-state index is -3.78. The molecule has 0 N–H and O–H groups in total. The molecule has 0 aliphatic rings. The number of halogens is 2. The molecule has 11 heavy (non-hydrogen) atoms. The van der Waals surface area contributed by atoms with Gasteiger partial charge < -0.3 is 0 Å². The number of aromatic nitrogens is 2. The van der Waals surface area contributed by atoms with Crippen molar-refractivity contribution in [2.45, 2.75) is 5.03 Å². The van der Waals surface area contributed by atoms with Crippen molar-refractivity contribution in [1.29, 1.82) is 0 Å². The van der Waals surface area contributed by atoms with Gasteiger partial charge in [0, 0.05) is 10.7 Å². The van der Waals surface area contributed by atoms with Crippen LogP contribution in [0.15, 0.2) is 17.4 Å². The Labute approximate surface area is 72.6 Å². The average molecular weight is 213 g/mol. The molecule has 0 spiro atoms. The van der Waals surface area contributed by atoms with Crippen LogP contribution in [-0.4, -0.2) is 18.4 Å². The Bertz CT molecular complexity index is 347. The molecule has 0 aliphatic heterocycles. The first-order chi connectivity index (χ1) is 5.00. The van der Waals surface area contributed by atoms with Crippen LogP contribution in [0.2, 0.25) is 5.15 Å². The molecular weight excluding hydrogens is 211 g/mol. The van der Waals surface area contributed by atoms with Crippen LogP contribution >= 0.6 is 22.3 Å². The third kappa shape index (κ3) is 2.28. The molecule has 0 bridgehead atoms. The van der Waals surface area contributed by atoms with Crippen molar-refractivity contribution in [3.8, 4) is 0 Å². The summed E-state index contributed by atoms with van der Waals surface area (Å²) in [6.07, 6.45) is 2.10. The molecule has 0 atom stereocenters. The third-order valence-corrected chi connectivity index (χ3v) is 2.23. The summed E-state index contributed by atoms with van der Waals surface area (Å²) in [6.45, 7) is 0. The Balaban J connectivity index is 3.20. The zero-order valence-corrected chi connectivity index (χ0v) is 7.36. The molecule has 0 aliphatic carbocycles. The van der Waals surface area contributed by atoms with Gasteiger partial charge in [-0.1, -0.05) is 11.6 Å². The Morgan fingerprint density at radius 3 is 2.27 bits per heavy atom. The molecule has 1 aromatic heterocycles. The van der Waals surface area contributed by atoms with E-state index in [0.29, 0.717) is 0 Å². The summed E-state index contributed by atoms with van der Waals surface area (Å²) < 4.78 is 21.1. The van der Waals surface area contributed by atoms with E-state index in [1.54, 1.807) is 0 Å². The lowest BCUT2D eigenvalue weighted by atomic mass is 10.8. The van der Waals surface area contributed by atoms with Gasteiger partial charge in [0.2, 0.25) is 0 Å². The molecule has 1 heterocycles. The molecule has 0 saturated carbocycles. The van der Waals surface area contributed by atoms with Gasteiger partial charge in [-0.3, -0.25) is 0 Å². The second kappa shape index (κ2) is 2.92. The monoisotopic (exact) mass is 212 g/mol. The van der Waals surface area contributed by atoms with Gasteiger partial charge in [-0.2, -0.15) is 0 Å². The molecule has 7 heteroatoms. The molecule has 0 amide bonds. The fourth-order valence-electron chi connectivity index (χ4n) is 0.426. The number of nitrogens with zero attached hydrogens (tertiary/aromatic N) is 2. The van der Waals surface area contributed by atoms with E-state index in [9.17, 15) is 8.42 Å². The van der Waals surface area contributed by atoms with Crippen LogP contribution < -0.4 is 0 Å². The largest absolute Gasteiger partial charge is 0.280 e. The first kappa shape index (κ1) is 8.70. The first-order valence-corrected chi connectivity index (χ1v) is 5.11. The maximum atomic E-state index is 10.6. The zero-order chi connectivity index (χ0) is 8.48. The first-order valence-electron chi connectivity index (χ1n) is 2.42. The van der Waals surface area contributed by atoms with Gasteiger partial charge in [-0.05, 0) is 0 Å². The molecular formula is C4H2Cl2N2O2S. The quantitative estimate of drug-likeness (QED) is 0.654. The predicted molar refractivity (Wildman–Crippen MR) is 40.1 cm³/mol. The van der Waals surface area contributed by atoms with Crippen LogP contribution in [0.5, 0.6) is 0 Å². The van der Waals surface area contributed by atoms with Crippen LogP contribution in [0.1, 0.15) is 0 Å². The summed E-state index contributed by atoms with van der Waals surface area (Å²) in [5.74, 6) is 0. The molecule has 1 rings (SSSR count). The second-order valence-corrected chi connectivity index (χ2v) is 4.52. The van der Waals surface area contributed by atoms with Crippen molar-refractivity contribution in [1.82, 2.24) is 9.97 Å². The number of hydrogen-bond acceptors (Lipinski definition) is 4. The number of rotatable bonds is 1.